The van der Waals surface area contributed by atoms with E-state index < -0.39 is 17.2 Å². The monoisotopic (exact) mass is 329 g/mol. The van der Waals surface area contributed by atoms with E-state index >= 15 is 0 Å². The summed E-state index contributed by atoms with van der Waals surface area (Å²) in [6.07, 6.45) is 0.527. The summed E-state index contributed by atoms with van der Waals surface area (Å²) >= 11 is 10.9. The fourth-order valence-electron chi connectivity index (χ4n) is 1.43. The first-order valence-corrected chi connectivity index (χ1v) is 6.66. The van der Waals surface area contributed by atoms with Crippen LogP contribution in [0.1, 0.15) is 6.92 Å². The highest BCUT2D eigenvalue weighted by molar-refractivity contribution is 6.64. The Hall–Kier alpha value is -1.85. The maximum Gasteiger partial charge on any atom is 0.262 e. The van der Waals surface area contributed by atoms with Gasteiger partial charge in [-0.05, 0) is 48.9 Å². The van der Waals surface area contributed by atoms with Crippen LogP contribution in [0.5, 0.6) is 17.4 Å². The molecular weight excluding hydrogens is 320 g/mol. The van der Waals surface area contributed by atoms with Gasteiger partial charge in [0.2, 0.25) is 0 Å². The first-order chi connectivity index (χ1) is 9.95. The molecule has 0 saturated carbocycles. The van der Waals surface area contributed by atoms with Crippen LogP contribution >= 0.6 is 23.2 Å². The van der Waals surface area contributed by atoms with Crippen molar-refractivity contribution in [3.63, 3.8) is 0 Å². The summed E-state index contributed by atoms with van der Waals surface area (Å²) in [4.78, 5) is 14.6. The van der Waals surface area contributed by atoms with Gasteiger partial charge in [0.05, 0.1) is 5.02 Å². The van der Waals surface area contributed by atoms with E-state index in [2.05, 4.69) is 4.98 Å². The van der Waals surface area contributed by atoms with Gasteiger partial charge >= 0.3 is 0 Å². The van der Waals surface area contributed by atoms with Crippen molar-refractivity contribution < 1.29 is 18.7 Å². The lowest BCUT2D eigenvalue weighted by molar-refractivity contribution is -0.117. The minimum absolute atomic E-state index is 0.183. The second-order valence-corrected chi connectivity index (χ2v) is 4.89. The molecule has 0 spiro atoms. The van der Waals surface area contributed by atoms with E-state index in [4.69, 9.17) is 32.7 Å². The van der Waals surface area contributed by atoms with Crippen LogP contribution in [0, 0.1) is 5.82 Å². The van der Waals surface area contributed by atoms with Gasteiger partial charge in [0, 0.05) is 6.20 Å². The molecule has 7 heteroatoms. The minimum atomic E-state index is -0.756. The van der Waals surface area contributed by atoms with Crippen molar-refractivity contribution in [2.75, 3.05) is 0 Å². The average Bonchev–Trinajstić information content (AvgIpc) is 2.43. The number of benzene rings is 1. The van der Waals surface area contributed by atoms with Crippen molar-refractivity contribution in [2.45, 2.75) is 13.0 Å². The molecule has 1 aromatic carbocycles. The third kappa shape index (κ3) is 4.31. The lowest BCUT2D eigenvalue weighted by Gasteiger charge is -2.11. The summed E-state index contributed by atoms with van der Waals surface area (Å²) in [7, 11) is 0. The van der Waals surface area contributed by atoms with Gasteiger partial charge in [-0.25, -0.2) is 9.37 Å². The quantitative estimate of drug-likeness (QED) is 0.771. The van der Waals surface area contributed by atoms with E-state index in [0.29, 0.717) is 11.5 Å². The Morgan fingerprint density at radius 2 is 1.90 bits per heavy atom. The maximum absolute atomic E-state index is 13.5. The Morgan fingerprint density at radius 3 is 2.48 bits per heavy atom. The number of carbonyl (C=O) groups excluding carboxylic acids is 1. The lowest BCUT2D eigenvalue weighted by Crippen LogP contribution is -2.18. The van der Waals surface area contributed by atoms with Gasteiger partial charge in [0.25, 0.3) is 11.1 Å². The molecular formula is C14H10Cl2FNO3. The van der Waals surface area contributed by atoms with E-state index in [0.717, 1.165) is 6.07 Å². The van der Waals surface area contributed by atoms with Gasteiger partial charge in [-0.3, -0.25) is 4.79 Å². The van der Waals surface area contributed by atoms with Gasteiger partial charge < -0.3 is 9.47 Å². The topological polar surface area (TPSA) is 48.4 Å². The van der Waals surface area contributed by atoms with Crippen LogP contribution in [0.2, 0.25) is 5.02 Å². The molecule has 0 aliphatic rings. The summed E-state index contributed by atoms with van der Waals surface area (Å²) in [6.45, 7) is 1.53. The van der Waals surface area contributed by atoms with Gasteiger partial charge in [0.1, 0.15) is 11.5 Å². The molecule has 1 unspecified atom stereocenters. The van der Waals surface area contributed by atoms with E-state index in [-0.39, 0.29) is 10.9 Å². The summed E-state index contributed by atoms with van der Waals surface area (Å²) in [6, 6.07) is 7.35. The van der Waals surface area contributed by atoms with Gasteiger partial charge in [-0.1, -0.05) is 11.6 Å². The van der Waals surface area contributed by atoms with Crippen LogP contribution in [0.25, 0.3) is 0 Å². The normalized spacial score (nSPS) is 11.8. The molecule has 0 amide bonds. The molecule has 0 N–H and O–H groups in total. The van der Waals surface area contributed by atoms with Crippen molar-refractivity contribution in [1.29, 1.82) is 0 Å². The van der Waals surface area contributed by atoms with Crippen molar-refractivity contribution in [3.05, 3.63) is 47.4 Å². The Kier molecular flexibility index (Phi) is 4.98. The van der Waals surface area contributed by atoms with Crippen molar-refractivity contribution >= 4 is 28.4 Å². The zero-order chi connectivity index (χ0) is 15.4. The van der Waals surface area contributed by atoms with Crippen LogP contribution in [-0.2, 0) is 4.79 Å². The van der Waals surface area contributed by atoms with E-state index in [1.807, 2.05) is 0 Å². The molecule has 1 heterocycles. The number of halogens is 3. The summed E-state index contributed by atoms with van der Waals surface area (Å²) in [5.41, 5.74) is 0. The van der Waals surface area contributed by atoms with Crippen LogP contribution in [-0.4, -0.2) is 16.3 Å². The van der Waals surface area contributed by atoms with Crippen molar-refractivity contribution in [2.24, 2.45) is 0 Å². The first-order valence-electron chi connectivity index (χ1n) is 5.90. The zero-order valence-corrected chi connectivity index (χ0v) is 12.4. The van der Waals surface area contributed by atoms with Crippen molar-refractivity contribution in [1.82, 2.24) is 4.98 Å². The Labute approximate surface area is 130 Å². The second kappa shape index (κ2) is 6.74. The van der Waals surface area contributed by atoms with Crippen LogP contribution in [0.4, 0.5) is 4.39 Å². The number of nitrogens with zero attached hydrogens (tertiary/aromatic N) is 1. The highest BCUT2D eigenvalue weighted by Gasteiger charge is 2.12. The number of rotatable bonds is 5. The smallest absolute Gasteiger partial charge is 0.262 e. The molecule has 0 bridgehead atoms. The van der Waals surface area contributed by atoms with E-state index in [9.17, 15) is 9.18 Å². The molecule has 0 radical (unpaired) electrons. The van der Waals surface area contributed by atoms with Crippen LogP contribution in [0.3, 0.4) is 0 Å². The first kappa shape index (κ1) is 15.5. The molecule has 0 aliphatic heterocycles. The molecule has 0 saturated heterocycles. The van der Waals surface area contributed by atoms with Gasteiger partial charge in [-0.15, -0.1) is 0 Å². The molecule has 110 valence electrons. The Bertz CT molecular complexity index is 649. The fourth-order valence-corrected chi connectivity index (χ4v) is 1.61. The van der Waals surface area contributed by atoms with Crippen LogP contribution < -0.4 is 9.47 Å². The SMILES string of the molecule is CC(Oc1ccc(Oc2ncc(Cl)cc2F)cc1)C(=O)Cl. The van der Waals surface area contributed by atoms with E-state index in [1.165, 1.54) is 13.1 Å². The number of hydrogen-bond donors (Lipinski definition) is 0. The predicted molar refractivity (Wildman–Crippen MR) is 76.7 cm³/mol. The summed E-state index contributed by atoms with van der Waals surface area (Å²) in [5.74, 6) is -0.0455. The molecule has 2 rings (SSSR count). The third-order valence-electron chi connectivity index (χ3n) is 2.44. The Balaban J connectivity index is 2.07. The van der Waals surface area contributed by atoms with Gasteiger partial charge in [-0.2, -0.15) is 0 Å². The van der Waals surface area contributed by atoms with Gasteiger partial charge in [0.15, 0.2) is 11.9 Å². The molecule has 21 heavy (non-hydrogen) atoms. The number of ether oxygens (including phenoxy) is 2. The third-order valence-corrected chi connectivity index (χ3v) is 2.96. The molecule has 0 fully saturated rings. The van der Waals surface area contributed by atoms with Crippen LogP contribution in [0.15, 0.2) is 36.5 Å². The summed E-state index contributed by atoms with van der Waals surface area (Å²) in [5, 5.41) is -0.411. The molecule has 4 nitrogen and oxygen atoms in total. The fraction of sp³-hybridized carbons (Fsp3) is 0.143. The molecule has 1 aromatic heterocycles. The highest BCUT2D eigenvalue weighted by atomic mass is 35.5. The van der Waals surface area contributed by atoms with E-state index in [1.54, 1.807) is 24.3 Å². The standard InChI is InChI=1S/C14H10Cl2FNO3/c1-8(13(16)19)20-10-2-4-11(5-3-10)21-14-12(17)6-9(15)7-18-14/h2-8H,1H3. The highest BCUT2D eigenvalue weighted by Crippen LogP contribution is 2.26. The lowest BCUT2D eigenvalue weighted by atomic mass is 10.3. The summed E-state index contributed by atoms with van der Waals surface area (Å²) < 4.78 is 24.1. The second-order valence-electron chi connectivity index (χ2n) is 4.08. The largest absolute Gasteiger partial charge is 0.482 e. The molecule has 2 aromatic rings. The molecule has 0 aliphatic carbocycles. The zero-order valence-electron chi connectivity index (χ0n) is 10.8. The maximum atomic E-state index is 13.5. The number of aromatic nitrogens is 1. The predicted octanol–water partition coefficient (Wildman–Crippen LogP) is 4.20. The van der Waals surface area contributed by atoms with Crippen molar-refractivity contribution in [3.8, 4) is 17.4 Å². The molecule has 1 atom stereocenters. The number of pyridine rings is 1. The number of carbonyl (C=O) groups is 1. The average molecular weight is 330 g/mol. The number of hydrogen-bond acceptors (Lipinski definition) is 4. The minimum Gasteiger partial charge on any atom is -0.482 e. The Morgan fingerprint density at radius 1 is 1.29 bits per heavy atom.